The summed E-state index contributed by atoms with van der Waals surface area (Å²) in [6, 6.07) is 3.45. The Labute approximate surface area is 124 Å². The predicted octanol–water partition coefficient (Wildman–Crippen LogP) is 2.42. The number of phenolic OH excluding ortho intramolecular Hbond substituents is 1. The van der Waals surface area contributed by atoms with E-state index in [1.54, 1.807) is 44.1 Å². The highest BCUT2D eigenvalue weighted by atomic mass is 16.5. The van der Waals surface area contributed by atoms with Crippen molar-refractivity contribution in [1.82, 2.24) is 4.90 Å². The maximum Gasteiger partial charge on any atom is 0.312 e. The molecule has 0 aliphatic carbocycles. The molecule has 1 heterocycles. The lowest BCUT2D eigenvalue weighted by Crippen LogP contribution is -2.32. The number of carbonyl (C=O) groups excluding carboxylic acids is 1. The molecule has 6 heteroatoms. The second kappa shape index (κ2) is 5.63. The Bertz CT molecular complexity index is 576. The van der Waals surface area contributed by atoms with Gasteiger partial charge in [0.15, 0.2) is 18.2 Å². The van der Waals surface area contributed by atoms with E-state index in [2.05, 4.69) is 4.99 Å². The first-order chi connectivity index (χ1) is 9.82. The van der Waals surface area contributed by atoms with Crippen LogP contribution in [0.15, 0.2) is 17.1 Å². The van der Waals surface area contributed by atoms with Crippen molar-refractivity contribution in [3.8, 4) is 11.5 Å². The molecule has 1 N–H and O–H groups in total. The Hall–Kier alpha value is -2.24. The number of hydrogen-bond donors (Lipinski definition) is 1. The minimum atomic E-state index is -0.545. The molecule has 0 saturated heterocycles. The molecular formula is C15H20N2O4. The molecule has 114 valence electrons. The van der Waals surface area contributed by atoms with E-state index in [0.29, 0.717) is 23.5 Å². The van der Waals surface area contributed by atoms with Crippen LogP contribution in [0.1, 0.15) is 26.3 Å². The van der Waals surface area contributed by atoms with E-state index in [-0.39, 0.29) is 18.4 Å². The molecule has 0 aromatic heterocycles. The lowest BCUT2D eigenvalue weighted by Gasteiger charge is -2.26. The van der Waals surface area contributed by atoms with Crippen molar-refractivity contribution in [3.63, 3.8) is 0 Å². The molecule has 0 amide bonds. The number of nitrogens with zero attached hydrogens (tertiary/aromatic N) is 2. The number of aliphatic imine (C=N–C) groups is 1. The average molecular weight is 292 g/mol. The maximum absolute atomic E-state index is 11.8. The highest BCUT2D eigenvalue weighted by molar-refractivity contribution is 5.76. The SMILES string of the molecule is COc1ccc2c(c1O)CN(COC(=O)C(C)(C)C)C=N2. The third kappa shape index (κ3) is 3.26. The zero-order valence-corrected chi connectivity index (χ0v) is 12.7. The molecule has 0 atom stereocenters. The highest BCUT2D eigenvalue weighted by Crippen LogP contribution is 2.38. The molecule has 2 rings (SSSR count). The number of ether oxygens (including phenoxy) is 2. The average Bonchev–Trinajstić information content (AvgIpc) is 2.44. The minimum Gasteiger partial charge on any atom is -0.504 e. The van der Waals surface area contributed by atoms with Gasteiger partial charge in [-0.2, -0.15) is 0 Å². The standard InChI is InChI=1S/C15H20N2O4/c1-15(2,3)14(19)21-9-17-7-10-11(16-8-17)5-6-12(20-4)13(10)18/h5-6,8,18H,7,9H2,1-4H3. The summed E-state index contributed by atoms with van der Waals surface area (Å²) < 4.78 is 10.3. The summed E-state index contributed by atoms with van der Waals surface area (Å²) in [5.41, 5.74) is 0.797. The summed E-state index contributed by atoms with van der Waals surface area (Å²) >= 11 is 0. The first kappa shape index (κ1) is 15.2. The van der Waals surface area contributed by atoms with Crippen molar-refractivity contribution in [2.45, 2.75) is 27.3 Å². The molecule has 1 aliphatic rings. The molecule has 0 radical (unpaired) electrons. The van der Waals surface area contributed by atoms with Crippen LogP contribution >= 0.6 is 0 Å². The van der Waals surface area contributed by atoms with Gasteiger partial charge in [0.1, 0.15) is 0 Å². The Morgan fingerprint density at radius 3 is 2.76 bits per heavy atom. The summed E-state index contributed by atoms with van der Waals surface area (Å²) in [5.74, 6) is 0.188. The molecule has 1 aromatic rings. The van der Waals surface area contributed by atoms with E-state index in [0.717, 1.165) is 0 Å². The monoisotopic (exact) mass is 292 g/mol. The first-order valence-corrected chi connectivity index (χ1v) is 6.67. The lowest BCUT2D eigenvalue weighted by atomic mass is 9.98. The van der Waals surface area contributed by atoms with Crippen molar-refractivity contribution < 1.29 is 19.4 Å². The molecule has 0 bridgehead atoms. The third-order valence-corrected chi connectivity index (χ3v) is 3.14. The molecule has 0 fully saturated rings. The van der Waals surface area contributed by atoms with Crippen LogP contribution in [0.25, 0.3) is 0 Å². The van der Waals surface area contributed by atoms with Crippen molar-refractivity contribution in [2.24, 2.45) is 10.4 Å². The van der Waals surface area contributed by atoms with Gasteiger partial charge in [0.05, 0.1) is 31.1 Å². The van der Waals surface area contributed by atoms with E-state index < -0.39 is 5.41 Å². The quantitative estimate of drug-likeness (QED) is 0.866. The lowest BCUT2D eigenvalue weighted by molar-refractivity contribution is -0.156. The van der Waals surface area contributed by atoms with E-state index in [1.807, 2.05) is 0 Å². The van der Waals surface area contributed by atoms with Crippen LogP contribution in [-0.4, -0.2) is 36.2 Å². The van der Waals surface area contributed by atoms with Gasteiger partial charge in [-0.05, 0) is 32.9 Å². The van der Waals surface area contributed by atoms with Crippen LogP contribution in [-0.2, 0) is 16.1 Å². The number of phenols is 1. The van der Waals surface area contributed by atoms with Crippen LogP contribution in [0.2, 0.25) is 0 Å². The fourth-order valence-corrected chi connectivity index (χ4v) is 1.87. The van der Waals surface area contributed by atoms with Gasteiger partial charge in [0, 0.05) is 5.56 Å². The Morgan fingerprint density at radius 1 is 1.43 bits per heavy atom. The fourth-order valence-electron chi connectivity index (χ4n) is 1.87. The number of esters is 1. The zero-order valence-electron chi connectivity index (χ0n) is 12.7. The Balaban J connectivity index is 2.08. The van der Waals surface area contributed by atoms with E-state index in [4.69, 9.17) is 9.47 Å². The van der Waals surface area contributed by atoms with Gasteiger partial charge in [-0.25, -0.2) is 4.99 Å². The van der Waals surface area contributed by atoms with Crippen molar-refractivity contribution >= 4 is 18.0 Å². The predicted molar refractivity (Wildman–Crippen MR) is 78.8 cm³/mol. The van der Waals surface area contributed by atoms with Gasteiger partial charge in [-0.15, -0.1) is 0 Å². The number of fused-ring (bicyclic) bond motifs is 1. The normalized spacial score (nSPS) is 13.8. The smallest absolute Gasteiger partial charge is 0.312 e. The van der Waals surface area contributed by atoms with E-state index in [1.165, 1.54) is 7.11 Å². The van der Waals surface area contributed by atoms with Gasteiger partial charge >= 0.3 is 5.97 Å². The summed E-state index contributed by atoms with van der Waals surface area (Å²) in [4.78, 5) is 17.7. The van der Waals surface area contributed by atoms with Crippen LogP contribution < -0.4 is 4.74 Å². The topological polar surface area (TPSA) is 71.4 Å². The number of aromatic hydroxyl groups is 1. The second-order valence-electron chi connectivity index (χ2n) is 5.92. The van der Waals surface area contributed by atoms with Gasteiger partial charge in [0.2, 0.25) is 0 Å². The number of hydrogen-bond acceptors (Lipinski definition) is 6. The van der Waals surface area contributed by atoms with Crippen molar-refractivity contribution in [3.05, 3.63) is 17.7 Å². The molecule has 21 heavy (non-hydrogen) atoms. The molecule has 1 aliphatic heterocycles. The number of rotatable bonds is 3. The number of methoxy groups -OCH3 is 1. The van der Waals surface area contributed by atoms with Crippen LogP contribution in [0.4, 0.5) is 5.69 Å². The van der Waals surface area contributed by atoms with E-state index >= 15 is 0 Å². The largest absolute Gasteiger partial charge is 0.504 e. The fraction of sp³-hybridized carbons (Fsp3) is 0.467. The van der Waals surface area contributed by atoms with Gasteiger partial charge in [0.25, 0.3) is 0 Å². The van der Waals surface area contributed by atoms with Crippen LogP contribution in [0, 0.1) is 5.41 Å². The van der Waals surface area contributed by atoms with Gasteiger partial charge in [-0.1, -0.05) is 0 Å². The summed E-state index contributed by atoms with van der Waals surface area (Å²) in [7, 11) is 1.50. The molecular weight excluding hydrogens is 272 g/mol. The van der Waals surface area contributed by atoms with Gasteiger partial charge < -0.3 is 19.5 Å². The third-order valence-electron chi connectivity index (χ3n) is 3.14. The number of benzene rings is 1. The Morgan fingerprint density at radius 2 is 2.14 bits per heavy atom. The van der Waals surface area contributed by atoms with E-state index in [9.17, 15) is 9.90 Å². The van der Waals surface area contributed by atoms with Crippen molar-refractivity contribution in [1.29, 1.82) is 0 Å². The Kier molecular flexibility index (Phi) is 4.06. The summed E-state index contributed by atoms with van der Waals surface area (Å²) in [6.45, 7) is 5.89. The summed E-state index contributed by atoms with van der Waals surface area (Å²) in [6.07, 6.45) is 1.60. The van der Waals surface area contributed by atoms with Gasteiger partial charge in [-0.3, -0.25) is 4.79 Å². The summed E-state index contributed by atoms with van der Waals surface area (Å²) in [5, 5.41) is 10.1. The molecule has 0 saturated carbocycles. The van der Waals surface area contributed by atoms with Crippen LogP contribution in [0.5, 0.6) is 11.5 Å². The molecule has 6 nitrogen and oxygen atoms in total. The highest BCUT2D eigenvalue weighted by Gasteiger charge is 2.25. The number of carbonyl (C=O) groups is 1. The second-order valence-corrected chi connectivity index (χ2v) is 5.92. The minimum absolute atomic E-state index is 0.0685. The first-order valence-electron chi connectivity index (χ1n) is 6.67. The maximum atomic E-state index is 11.8. The molecule has 0 unspecified atom stereocenters. The molecule has 1 aromatic carbocycles. The molecule has 0 spiro atoms. The van der Waals surface area contributed by atoms with Crippen molar-refractivity contribution in [2.75, 3.05) is 13.8 Å². The van der Waals surface area contributed by atoms with Crippen LogP contribution in [0.3, 0.4) is 0 Å². The zero-order chi connectivity index (χ0) is 15.6.